The van der Waals surface area contributed by atoms with Gasteiger partial charge in [0.15, 0.2) is 11.9 Å². The molecule has 0 spiro atoms. The average molecular weight is 284 g/mol. The van der Waals surface area contributed by atoms with Gasteiger partial charge >= 0.3 is 0 Å². The van der Waals surface area contributed by atoms with E-state index in [0.717, 1.165) is 6.42 Å². The molecule has 1 rings (SSSR count). The van der Waals surface area contributed by atoms with Crippen molar-refractivity contribution < 1.29 is 17.0 Å². The molecule has 1 heterocycles. The van der Waals surface area contributed by atoms with Crippen LogP contribution < -0.4 is 17.0 Å². The summed E-state index contributed by atoms with van der Waals surface area (Å²) in [6.45, 7) is 5.71. The maximum absolute atomic E-state index is 2.41. The van der Waals surface area contributed by atoms with E-state index >= 15 is 0 Å². The monoisotopic (exact) mass is 283 g/mol. The Hall–Kier alpha value is -0.560. The highest BCUT2D eigenvalue weighted by atomic mass is 35.5. The first-order chi connectivity index (χ1) is 8.88. The van der Waals surface area contributed by atoms with Crippen molar-refractivity contribution in [3.8, 4) is 0 Å². The van der Waals surface area contributed by atoms with Gasteiger partial charge in [0.05, 0.1) is 0 Å². The number of hydrogen-bond donors (Lipinski definition) is 0. The van der Waals surface area contributed by atoms with Gasteiger partial charge < -0.3 is 12.4 Å². The predicted molar refractivity (Wildman–Crippen MR) is 78.6 cm³/mol. The van der Waals surface area contributed by atoms with Gasteiger partial charge in [0.25, 0.3) is 0 Å². The van der Waals surface area contributed by atoms with Gasteiger partial charge in [0.1, 0.15) is 6.54 Å². The van der Waals surface area contributed by atoms with Crippen molar-refractivity contribution in [2.24, 2.45) is 0 Å². The Morgan fingerprint density at radius 3 is 2.11 bits per heavy atom. The lowest BCUT2D eigenvalue weighted by molar-refractivity contribution is -0.704. The van der Waals surface area contributed by atoms with Gasteiger partial charge in [0, 0.05) is 25.0 Å². The number of aromatic nitrogens is 1. The van der Waals surface area contributed by atoms with Crippen molar-refractivity contribution in [1.29, 1.82) is 0 Å². The van der Waals surface area contributed by atoms with E-state index in [1.54, 1.807) is 0 Å². The van der Waals surface area contributed by atoms with E-state index in [9.17, 15) is 0 Å². The van der Waals surface area contributed by atoms with E-state index < -0.39 is 0 Å². The Morgan fingerprint density at radius 2 is 1.47 bits per heavy atom. The predicted octanol–water partition coefficient (Wildman–Crippen LogP) is 1.68. The molecular weight excluding hydrogens is 254 g/mol. The molecular formula is C17H30ClN. The van der Waals surface area contributed by atoms with Crippen molar-refractivity contribution in [3.05, 3.63) is 30.1 Å². The molecule has 0 bridgehead atoms. The lowest BCUT2D eigenvalue weighted by Gasteiger charge is -2.02. The highest BCUT2D eigenvalue weighted by molar-refractivity contribution is 4.96. The highest BCUT2D eigenvalue weighted by Gasteiger charge is 2.05. The molecule has 0 atom stereocenters. The Balaban J connectivity index is 0.00000324. The number of halogens is 1. The van der Waals surface area contributed by atoms with Crippen LogP contribution in [0, 0.1) is 0 Å². The fraction of sp³-hybridized carbons (Fsp3) is 0.706. The summed E-state index contributed by atoms with van der Waals surface area (Å²) in [5, 5.41) is 0. The minimum atomic E-state index is 0. The third-order valence-electron chi connectivity index (χ3n) is 3.65. The van der Waals surface area contributed by atoms with Gasteiger partial charge in [0.2, 0.25) is 0 Å². The van der Waals surface area contributed by atoms with Gasteiger partial charge in [-0.05, 0) is 6.42 Å². The topological polar surface area (TPSA) is 3.88 Å². The molecule has 0 aliphatic heterocycles. The third-order valence-corrected chi connectivity index (χ3v) is 3.65. The highest BCUT2D eigenvalue weighted by Crippen LogP contribution is 2.08. The zero-order valence-electron chi connectivity index (χ0n) is 12.7. The van der Waals surface area contributed by atoms with Crippen LogP contribution in [0.4, 0.5) is 0 Å². The number of aryl methyl sites for hydroxylation is 2. The molecule has 0 fully saturated rings. The fourth-order valence-corrected chi connectivity index (χ4v) is 2.47. The maximum atomic E-state index is 2.41. The van der Waals surface area contributed by atoms with E-state index in [4.69, 9.17) is 0 Å². The molecule has 0 aliphatic rings. The second-order valence-electron chi connectivity index (χ2n) is 5.21. The summed E-state index contributed by atoms with van der Waals surface area (Å²) < 4.78 is 2.41. The number of rotatable bonds is 10. The SMILES string of the molecule is CCCCCCCCCC[n+]1ccccc1CC.[Cl-]. The van der Waals surface area contributed by atoms with Crippen LogP contribution >= 0.6 is 0 Å². The molecule has 0 aromatic carbocycles. The molecule has 0 saturated heterocycles. The molecule has 110 valence electrons. The molecule has 0 N–H and O–H groups in total. The van der Waals surface area contributed by atoms with Crippen LogP contribution in [-0.4, -0.2) is 0 Å². The lowest BCUT2D eigenvalue weighted by atomic mass is 10.1. The smallest absolute Gasteiger partial charge is 0.181 e. The summed E-state index contributed by atoms with van der Waals surface area (Å²) in [6.07, 6.45) is 14.6. The summed E-state index contributed by atoms with van der Waals surface area (Å²) in [5.74, 6) is 0. The Kier molecular flexibility index (Phi) is 12.1. The summed E-state index contributed by atoms with van der Waals surface area (Å²) in [4.78, 5) is 0. The van der Waals surface area contributed by atoms with Gasteiger partial charge in [-0.1, -0.05) is 58.4 Å². The molecule has 1 aromatic heterocycles. The molecule has 19 heavy (non-hydrogen) atoms. The summed E-state index contributed by atoms with van der Waals surface area (Å²) in [6, 6.07) is 6.53. The molecule has 1 aromatic rings. The van der Waals surface area contributed by atoms with Gasteiger partial charge in [-0.2, -0.15) is 0 Å². The van der Waals surface area contributed by atoms with Crippen LogP contribution in [0.5, 0.6) is 0 Å². The summed E-state index contributed by atoms with van der Waals surface area (Å²) in [5.41, 5.74) is 1.46. The van der Waals surface area contributed by atoms with E-state index in [0.29, 0.717) is 0 Å². The van der Waals surface area contributed by atoms with Crippen LogP contribution in [-0.2, 0) is 13.0 Å². The standard InChI is InChI=1S/C17H30N.ClH/c1-3-5-6-7-8-9-10-12-15-18-16-13-11-14-17(18)4-2;/h11,13-14,16H,3-10,12,15H2,1-2H3;1H/q+1;/p-1. The first kappa shape index (κ1) is 18.4. The summed E-state index contributed by atoms with van der Waals surface area (Å²) in [7, 11) is 0. The van der Waals surface area contributed by atoms with E-state index in [1.807, 2.05) is 0 Å². The van der Waals surface area contributed by atoms with Crippen LogP contribution in [0.2, 0.25) is 0 Å². The number of hydrogen-bond acceptors (Lipinski definition) is 0. The summed E-state index contributed by atoms with van der Waals surface area (Å²) >= 11 is 0. The van der Waals surface area contributed by atoms with Gasteiger partial charge in [-0.3, -0.25) is 0 Å². The van der Waals surface area contributed by atoms with Crippen molar-refractivity contribution in [2.75, 3.05) is 0 Å². The van der Waals surface area contributed by atoms with Crippen LogP contribution in [0.1, 0.15) is 70.9 Å². The first-order valence-electron chi connectivity index (χ1n) is 7.85. The molecule has 0 aliphatic carbocycles. The maximum Gasteiger partial charge on any atom is 0.181 e. The van der Waals surface area contributed by atoms with Gasteiger partial charge in [-0.25, -0.2) is 4.57 Å². The van der Waals surface area contributed by atoms with E-state index in [2.05, 4.69) is 42.8 Å². The Morgan fingerprint density at radius 1 is 0.842 bits per heavy atom. The quantitative estimate of drug-likeness (QED) is 0.454. The molecule has 2 heteroatoms. The van der Waals surface area contributed by atoms with E-state index in [1.165, 1.54) is 63.6 Å². The van der Waals surface area contributed by atoms with Crippen molar-refractivity contribution in [3.63, 3.8) is 0 Å². The van der Waals surface area contributed by atoms with Crippen LogP contribution in [0.15, 0.2) is 24.4 Å². The Labute approximate surface area is 125 Å². The zero-order valence-corrected chi connectivity index (χ0v) is 13.5. The molecule has 0 amide bonds. The fourth-order valence-electron chi connectivity index (χ4n) is 2.47. The second kappa shape index (κ2) is 12.5. The zero-order chi connectivity index (χ0) is 13.1. The largest absolute Gasteiger partial charge is 1.00 e. The minimum Gasteiger partial charge on any atom is -1.00 e. The van der Waals surface area contributed by atoms with Gasteiger partial charge in [-0.15, -0.1) is 0 Å². The number of nitrogens with zero attached hydrogens (tertiary/aromatic N) is 1. The second-order valence-corrected chi connectivity index (χ2v) is 5.21. The first-order valence-corrected chi connectivity index (χ1v) is 7.85. The van der Waals surface area contributed by atoms with Crippen LogP contribution in [0.3, 0.4) is 0 Å². The van der Waals surface area contributed by atoms with Crippen molar-refractivity contribution in [1.82, 2.24) is 0 Å². The number of pyridine rings is 1. The molecule has 0 saturated carbocycles. The molecule has 0 unspecified atom stereocenters. The van der Waals surface area contributed by atoms with Crippen molar-refractivity contribution >= 4 is 0 Å². The number of unbranched alkanes of at least 4 members (excludes halogenated alkanes) is 7. The normalized spacial score (nSPS) is 10.2. The van der Waals surface area contributed by atoms with Crippen LogP contribution in [0.25, 0.3) is 0 Å². The van der Waals surface area contributed by atoms with Crippen molar-refractivity contribution in [2.45, 2.75) is 78.2 Å². The minimum absolute atomic E-state index is 0. The Bertz CT molecular complexity index is 312. The van der Waals surface area contributed by atoms with E-state index in [-0.39, 0.29) is 12.4 Å². The third kappa shape index (κ3) is 8.26. The lowest BCUT2D eigenvalue weighted by Crippen LogP contribution is -3.00. The average Bonchev–Trinajstić information content (AvgIpc) is 2.42. The molecule has 0 radical (unpaired) electrons. The molecule has 1 nitrogen and oxygen atoms in total.